The molecule has 0 unspecified atom stereocenters. The lowest BCUT2D eigenvalue weighted by molar-refractivity contribution is -0.276. The van der Waals surface area contributed by atoms with Crippen molar-refractivity contribution in [2.45, 2.75) is 13.0 Å². The van der Waals surface area contributed by atoms with Crippen molar-refractivity contribution in [1.29, 1.82) is 0 Å². The smallest absolute Gasteiger partial charge is 0.491 e. The second-order valence-electron chi connectivity index (χ2n) is 3.16. The van der Waals surface area contributed by atoms with Crippen molar-refractivity contribution < 1.29 is 36.6 Å². The number of pyridine rings is 1. The summed E-state index contributed by atoms with van der Waals surface area (Å²) in [6.07, 6.45) is -5.01. The van der Waals surface area contributed by atoms with Crippen LogP contribution in [0, 0.1) is 0 Å². The summed E-state index contributed by atoms with van der Waals surface area (Å²) in [5, 5.41) is 0. The highest BCUT2D eigenvalue weighted by atomic mass is 19.4. The van der Waals surface area contributed by atoms with Crippen molar-refractivity contribution in [3.8, 4) is 11.6 Å². The predicted octanol–water partition coefficient (Wildman–Crippen LogP) is 2.24. The van der Waals surface area contributed by atoms with E-state index in [1.54, 1.807) is 0 Å². The van der Waals surface area contributed by atoms with Gasteiger partial charge in [-0.2, -0.15) is 0 Å². The van der Waals surface area contributed by atoms with Gasteiger partial charge in [-0.15, -0.1) is 13.2 Å². The second-order valence-corrected chi connectivity index (χ2v) is 3.16. The van der Waals surface area contributed by atoms with Crippen molar-refractivity contribution in [2.24, 2.45) is 0 Å². The molecule has 1 rings (SSSR count). The zero-order chi connectivity index (χ0) is 14.6. The molecule has 0 atom stereocenters. The molecule has 106 valence electrons. The first-order valence-electron chi connectivity index (χ1n) is 4.80. The highest BCUT2D eigenvalue weighted by Crippen LogP contribution is 2.32. The number of hydrogen-bond donors (Lipinski definition) is 0. The molecule has 0 amide bonds. The number of nitrogens with zero attached hydrogens (tertiary/aromatic N) is 1. The Morgan fingerprint density at radius 1 is 1.37 bits per heavy atom. The zero-order valence-electron chi connectivity index (χ0n) is 9.88. The maximum atomic E-state index is 12.7. The molecule has 19 heavy (non-hydrogen) atoms. The average Bonchev–Trinajstić information content (AvgIpc) is 2.35. The maximum Gasteiger partial charge on any atom is 0.574 e. The van der Waals surface area contributed by atoms with Crippen molar-refractivity contribution >= 4 is 5.97 Å². The van der Waals surface area contributed by atoms with Gasteiger partial charge in [-0.1, -0.05) is 0 Å². The van der Waals surface area contributed by atoms with Crippen LogP contribution in [0.4, 0.5) is 17.6 Å². The molecule has 0 aliphatic rings. The summed E-state index contributed by atoms with van der Waals surface area (Å²) >= 11 is 0. The van der Waals surface area contributed by atoms with Crippen molar-refractivity contribution in [3.63, 3.8) is 0 Å². The van der Waals surface area contributed by atoms with Crippen molar-refractivity contribution in [2.75, 3.05) is 14.2 Å². The van der Waals surface area contributed by atoms with Crippen LogP contribution in [0.3, 0.4) is 0 Å². The molecule has 0 fully saturated rings. The lowest BCUT2D eigenvalue weighted by Crippen LogP contribution is -2.19. The molecule has 0 aromatic carbocycles. The van der Waals surface area contributed by atoms with Gasteiger partial charge in [-0.05, 0) is 0 Å². The molecule has 5 nitrogen and oxygen atoms in total. The van der Waals surface area contributed by atoms with E-state index in [-0.39, 0.29) is 5.56 Å². The minimum absolute atomic E-state index is 0.337. The Hall–Kier alpha value is -2.06. The Bertz CT molecular complexity index is 475. The van der Waals surface area contributed by atoms with Crippen LogP contribution < -0.4 is 9.47 Å². The van der Waals surface area contributed by atoms with Gasteiger partial charge < -0.3 is 14.2 Å². The Morgan fingerprint density at radius 2 is 2.00 bits per heavy atom. The van der Waals surface area contributed by atoms with Crippen LogP contribution >= 0.6 is 0 Å². The first kappa shape index (κ1) is 15.0. The number of aromatic nitrogens is 1. The normalized spacial score (nSPS) is 11.1. The predicted molar refractivity (Wildman–Crippen MR) is 53.6 cm³/mol. The summed E-state index contributed by atoms with van der Waals surface area (Å²) in [7, 11) is 2.09. The third-order valence-electron chi connectivity index (χ3n) is 2.00. The Labute approximate surface area is 105 Å². The molecule has 0 spiro atoms. The monoisotopic (exact) mass is 283 g/mol. The summed E-state index contributed by atoms with van der Waals surface area (Å²) in [4.78, 5) is 14.6. The van der Waals surface area contributed by atoms with Crippen LogP contribution in [0.5, 0.6) is 11.6 Å². The van der Waals surface area contributed by atoms with Crippen molar-refractivity contribution in [3.05, 3.63) is 17.3 Å². The minimum atomic E-state index is -5.01. The number of carbonyl (C=O) groups is 1. The molecule has 0 radical (unpaired) electrons. The van der Waals surface area contributed by atoms with Crippen LogP contribution in [0.2, 0.25) is 0 Å². The second kappa shape index (κ2) is 5.72. The molecular weight excluding hydrogens is 274 g/mol. The third kappa shape index (κ3) is 3.70. The molecular formula is C10H9F4NO4. The Kier molecular flexibility index (Phi) is 4.52. The van der Waals surface area contributed by atoms with Gasteiger partial charge >= 0.3 is 12.3 Å². The molecule has 9 heteroatoms. The summed E-state index contributed by atoms with van der Waals surface area (Å²) in [5.74, 6) is -2.39. The maximum absolute atomic E-state index is 12.7. The standard InChI is InChI=1S/C10H9F4NO4/c1-17-7-3-5(9(16)18-2)6(4-11)15-8(7)19-10(12,13)14/h3H,4H2,1-2H3. The highest BCUT2D eigenvalue weighted by Gasteiger charge is 2.34. The van der Waals surface area contributed by atoms with Crippen molar-refractivity contribution in [1.82, 2.24) is 4.98 Å². The number of methoxy groups -OCH3 is 2. The number of alkyl halides is 4. The van der Waals surface area contributed by atoms with Gasteiger partial charge in [0, 0.05) is 6.07 Å². The number of carbonyl (C=O) groups excluding carboxylic acids is 1. The molecule has 0 saturated heterocycles. The van der Waals surface area contributed by atoms with Gasteiger partial charge in [0.15, 0.2) is 5.75 Å². The van der Waals surface area contributed by atoms with E-state index in [1.807, 2.05) is 0 Å². The SMILES string of the molecule is COC(=O)c1cc(OC)c(OC(F)(F)F)nc1CF. The van der Waals surface area contributed by atoms with E-state index in [0.29, 0.717) is 0 Å². The van der Waals surface area contributed by atoms with Gasteiger partial charge in [-0.3, -0.25) is 0 Å². The first-order valence-corrected chi connectivity index (χ1v) is 4.80. The van der Waals surface area contributed by atoms with E-state index in [9.17, 15) is 22.4 Å². The molecule has 1 heterocycles. The fourth-order valence-electron chi connectivity index (χ4n) is 1.23. The quantitative estimate of drug-likeness (QED) is 0.626. The van der Waals surface area contributed by atoms with Gasteiger partial charge in [0.1, 0.15) is 6.67 Å². The zero-order valence-corrected chi connectivity index (χ0v) is 9.88. The Morgan fingerprint density at radius 3 is 2.42 bits per heavy atom. The van der Waals surface area contributed by atoms with Crippen LogP contribution in [0.15, 0.2) is 6.07 Å². The fraction of sp³-hybridized carbons (Fsp3) is 0.400. The molecule has 0 aliphatic carbocycles. The van der Waals surface area contributed by atoms with E-state index in [1.165, 1.54) is 0 Å². The lowest BCUT2D eigenvalue weighted by Gasteiger charge is -2.13. The summed E-state index contributed by atoms with van der Waals surface area (Å²) in [6.45, 7) is -1.26. The number of rotatable bonds is 4. The largest absolute Gasteiger partial charge is 0.574 e. The van der Waals surface area contributed by atoms with Crippen LogP contribution in [0.25, 0.3) is 0 Å². The number of hydrogen-bond acceptors (Lipinski definition) is 5. The fourth-order valence-corrected chi connectivity index (χ4v) is 1.23. The van der Waals surface area contributed by atoms with Crippen LogP contribution in [0.1, 0.15) is 16.1 Å². The van der Waals surface area contributed by atoms with Gasteiger partial charge in [0.05, 0.1) is 25.5 Å². The molecule has 0 bridgehead atoms. The highest BCUT2D eigenvalue weighted by molar-refractivity contribution is 5.91. The van der Waals surface area contributed by atoms with Gasteiger partial charge in [0.2, 0.25) is 0 Å². The minimum Gasteiger partial charge on any atom is -0.491 e. The molecule has 1 aromatic heterocycles. The molecule has 0 aliphatic heterocycles. The summed E-state index contributed by atoms with van der Waals surface area (Å²) < 4.78 is 61.6. The summed E-state index contributed by atoms with van der Waals surface area (Å²) in [6, 6.07) is 0.870. The molecule has 0 saturated carbocycles. The molecule has 1 aromatic rings. The van der Waals surface area contributed by atoms with Gasteiger partial charge in [0.25, 0.3) is 5.88 Å². The Balaban J connectivity index is 3.31. The third-order valence-corrected chi connectivity index (χ3v) is 2.00. The number of ether oxygens (including phenoxy) is 3. The topological polar surface area (TPSA) is 57.7 Å². The van der Waals surface area contributed by atoms with E-state index < -0.39 is 36.3 Å². The van der Waals surface area contributed by atoms with E-state index in [2.05, 4.69) is 19.2 Å². The number of esters is 1. The van der Waals surface area contributed by atoms with Crippen LogP contribution in [-0.2, 0) is 11.4 Å². The van der Waals surface area contributed by atoms with Gasteiger partial charge in [-0.25, -0.2) is 14.2 Å². The van der Waals surface area contributed by atoms with E-state index in [4.69, 9.17) is 0 Å². The summed E-state index contributed by atoms with van der Waals surface area (Å²) in [5.41, 5.74) is -0.872. The lowest BCUT2D eigenvalue weighted by atomic mass is 10.2. The van der Waals surface area contributed by atoms with E-state index in [0.717, 1.165) is 20.3 Å². The van der Waals surface area contributed by atoms with Crippen LogP contribution in [-0.4, -0.2) is 31.5 Å². The first-order chi connectivity index (χ1) is 8.82. The molecule has 0 N–H and O–H groups in total. The van der Waals surface area contributed by atoms with E-state index >= 15 is 0 Å². The average molecular weight is 283 g/mol. The number of halogens is 4.